The van der Waals surface area contributed by atoms with Crippen LogP contribution in [0.1, 0.15) is 174 Å². The van der Waals surface area contributed by atoms with E-state index in [4.69, 9.17) is 24.3 Å². The number of phosphoric acid groups is 1. The maximum absolute atomic E-state index is 12.6. The van der Waals surface area contributed by atoms with Crippen molar-refractivity contribution in [3.8, 4) is 0 Å². The fraction of sp³-hybridized carbons (Fsp3) is 0.717. The molecule has 2 atom stereocenters. The highest BCUT2D eigenvalue weighted by atomic mass is 31.2. The Bertz CT molecular complexity index is 1070. The molecule has 55 heavy (non-hydrogen) atoms. The van der Waals surface area contributed by atoms with Gasteiger partial charge < -0.3 is 20.1 Å². The van der Waals surface area contributed by atoms with Crippen molar-refractivity contribution in [2.45, 2.75) is 180 Å². The summed E-state index contributed by atoms with van der Waals surface area (Å²) < 4.78 is 33.4. The minimum Gasteiger partial charge on any atom is -0.457 e. The number of hydrogen-bond donors (Lipinski definition) is 2. The molecule has 0 radical (unpaired) electrons. The second-order valence-electron chi connectivity index (χ2n) is 14.2. The summed E-state index contributed by atoms with van der Waals surface area (Å²) in [4.78, 5) is 22.5. The molecule has 0 spiro atoms. The van der Waals surface area contributed by atoms with Crippen LogP contribution >= 0.6 is 7.82 Å². The molecule has 0 aliphatic rings. The van der Waals surface area contributed by atoms with Crippen molar-refractivity contribution in [2.24, 2.45) is 5.73 Å². The molecule has 0 heterocycles. The van der Waals surface area contributed by atoms with Crippen LogP contribution < -0.4 is 5.73 Å². The van der Waals surface area contributed by atoms with Gasteiger partial charge in [0.15, 0.2) is 0 Å². The number of nitrogens with two attached hydrogens (primary N) is 1. The minimum absolute atomic E-state index is 0.0747. The Morgan fingerprint density at radius 1 is 0.564 bits per heavy atom. The molecule has 9 heteroatoms. The van der Waals surface area contributed by atoms with Crippen molar-refractivity contribution in [2.75, 3.05) is 33.0 Å². The number of carbonyl (C=O) groups is 1. The molecule has 0 aromatic rings. The Hall–Kier alpha value is -2.06. The number of esters is 1. The third kappa shape index (κ3) is 42.9. The van der Waals surface area contributed by atoms with Crippen molar-refractivity contribution in [1.82, 2.24) is 0 Å². The van der Waals surface area contributed by atoms with Gasteiger partial charge in [-0.05, 0) is 57.8 Å². The predicted molar refractivity (Wildman–Crippen MR) is 233 cm³/mol. The fourth-order valence-electron chi connectivity index (χ4n) is 5.72. The number of rotatable bonds is 41. The number of phosphoric ester groups is 1. The molecule has 3 N–H and O–H groups in total. The van der Waals surface area contributed by atoms with E-state index in [0.717, 1.165) is 70.6 Å². The van der Waals surface area contributed by atoms with E-state index in [-0.39, 0.29) is 32.3 Å². The molecule has 0 bridgehead atoms. The van der Waals surface area contributed by atoms with E-state index in [1.165, 1.54) is 83.5 Å². The van der Waals surface area contributed by atoms with Gasteiger partial charge >= 0.3 is 13.8 Å². The lowest BCUT2D eigenvalue weighted by molar-refractivity contribution is -0.154. The predicted octanol–water partition coefficient (Wildman–Crippen LogP) is 13.1. The molecule has 0 fully saturated rings. The van der Waals surface area contributed by atoms with Crippen LogP contribution in [0.5, 0.6) is 0 Å². The van der Waals surface area contributed by atoms with Crippen LogP contribution in [0.2, 0.25) is 0 Å². The summed E-state index contributed by atoms with van der Waals surface area (Å²) in [6.45, 7) is 4.65. The highest BCUT2D eigenvalue weighted by molar-refractivity contribution is 7.47. The first-order valence-corrected chi connectivity index (χ1v) is 23.4. The van der Waals surface area contributed by atoms with Crippen LogP contribution in [0.25, 0.3) is 0 Å². The molecular formula is C46H82NO7P. The Morgan fingerprint density at radius 3 is 1.45 bits per heavy atom. The third-order valence-electron chi connectivity index (χ3n) is 8.89. The summed E-state index contributed by atoms with van der Waals surface area (Å²) in [5.41, 5.74) is 5.37. The number of carbonyl (C=O) groups excluding carboxylic acids is 1. The monoisotopic (exact) mass is 792 g/mol. The van der Waals surface area contributed by atoms with Crippen molar-refractivity contribution < 1.29 is 32.8 Å². The molecule has 2 unspecified atom stereocenters. The molecule has 318 valence electrons. The Balaban J connectivity index is 4.14. The van der Waals surface area contributed by atoms with Crippen molar-refractivity contribution in [3.05, 3.63) is 72.9 Å². The van der Waals surface area contributed by atoms with Crippen LogP contribution in [0, 0.1) is 0 Å². The number of hydrogen-bond acceptors (Lipinski definition) is 7. The van der Waals surface area contributed by atoms with Crippen LogP contribution in [0.3, 0.4) is 0 Å². The smallest absolute Gasteiger partial charge is 0.457 e. The largest absolute Gasteiger partial charge is 0.472 e. The minimum atomic E-state index is -4.29. The Kier molecular flexibility index (Phi) is 41.5. The fourth-order valence-corrected chi connectivity index (χ4v) is 6.48. The zero-order valence-electron chi connectivity index (χ0n) is 35.1. The lowest BCUT2D eigenvalue weighted by Crippen LogP contribution is -2.28. The van der Waals surface area contributed by atoms with Crippen LogP contribution in [0.4, 0.5) is 0 Å². The van der Waals surface area contributed by atoms with Gasteiger partial charge in [0.1, 0.15) is 6.10 Å². The standard InChI is InChI=1S/C46H82NO7P/c1-3-5-7-9-11-13-15-17-19-21-22-23-24-26-28-30-32-34-36-38-41-51-43-45(44-53-55(49,50)52-42-40-47)54-46(48)39-37-35-33-31-29-27-25-20-18-16-14-12-10-8-6-4-2/h5,7,11,13,17,19,22-23,26,28,32,34,45H,3-4,6,8-10,12,14-16,18,20-21,24-25,27,29-31,33,35-44,47H2,1-2H3,(H,49,50)/b7-5-,13-11-,19-17-,23-22-,28-26-,34-32-. The summed E-state index contributed by atoms with van der Waals surface area (Å²) in [5, 5.41) is 0. The average Bonchev–Trinajstić information content (AvgIpc) is 3.17. The lowest BCUT2D eigenvalue weighted by atomic mass is 10.0. The second-order valence-corrected chi connectivity index (χ2v) is 15.6. The topological polar surface area (TPSA) is 117 Å². The SMILES string of the molecule is CC/C=C\C/C=C\C/C=C\C/C=C\C/C=C\C/C=C\CCCOCC(COP(=O)(O)OCCN)OC(=O)CCCCCCCCCCCCCCCCCC. The first kappa shape index (κ1) is 52.9. The molecular weight excluding hydrogens is 709 g/mol. The first-order chi connectivity index (χ1) is 26.9. The highest BCUT2D eigenvalue weighted by Crippen LogP contribution is 2.43. The number of ether oxygens (including phenoxy) is 2. The van der Waals surface area contributed by atoms with E-state index >= 15 is 0 Å². The van der Waals surface area contributed by atoms with E-state index in [1.54, 1.807) is 0 Å². The molecule has 8 nitrogen and oxygen atoms in total. The van der Waals surface area contributed by atoms with Crippen molar-refractivity contribution in [1.29, 1.82) is 0 Å². The molecule has 0 saturated heterocycles. The van der Waals surface area contributed by atoms with Gasteiger partial charge in [-0.15, -0.1) is 0 Å². The van der Waals surface area contributed by atoms with E-state index in [2.05, 4.69) is 86.8 Å². The zero-order valence-corrected chi connectivity index (χ0v) is 36.0. The van der Waals surface area contributed by atoms with Gasteiger partial charge in [0, 0.05) is 19.6 Å². The Labute approximate surface area is 337 Å². The van der Waals surface area contributed by atoms with Crippen molar-refractivity contribution >= 4 is 13.8 Å². The molecule has 0 amide bonds. The molecule has 0 aliphatic heterocycles. The van der Waals surface area contributed by atoms with Crippen LogP contribution in [-0.2, 0) is 27.9 Å². The maximum Gasteiger partial charge on any atom is 0.472 e. The normalized spacial score (nSPS) is 14.2. The molecule has 0 aromatic heterocycles. The summed E-state index contributed by atoms with van der Waals surface area (Å²) in [7, 11) is -4.29. The van der Waals surface area contributed by atoms with Gasteiger partial charge in [-0.2, -0.15) is 0 Å². The van der Waals surface area contributed by atoms with Gasteiger partial charge in [0.2, 0.25) is 0 Å². The second kappa shape index (κ2) is 43.1. The highest BCUT2D eigenvalue weighted by Gasteiger charge is 2.25. The first-order valence-electron chi connectivity index (χ1n) is 21.9. The van der Waals surface area contributed by atoms with Crippen molar-refractivity contribution in [3.63, 3.8) is 0 Å². The number of unbranched alkanes of at least 4 members (excludes halogenated alkanes) is 16. The van der Waals surface area contributed by atoms with Crippen LogP contribution in [-0.4, -0.2) is 49.9 Å². The third-order valence-corrected chi connectivity index (χ3v) is 9.87. The summed E-state index contributed by atoms with van der Waals surface area (Å²) in [5.74, 6) is -0.351. The van der Waals surface area contributed by atoms with Gasteiger partial charge in [-0.1, -0.05) is 183 Å². The van der Waals surface area contributed by atoms with E-state index < -0.39 is 13.9 Å². The summed E-state index contributed by atoms with van der Waals surface area (Å²) in [6, 6.07) is 0. The van der Waals surface area contributed by atoms with Gasteiger partial charge in [0.05, 0.1) is 19.8 Å². The van der Waals surface area contributed by atoms with Gasteiger partial charge in [-0.25, -0.2) is 4.57 Å². The molecule has 0 rings (SSSR count). The lowest BCUT2D eigenvalue weighted by Gasteiger charge is -2.20. The quantitative estimate of drug-likeness (QED) is 0.0272. The summed E-state index contributed by atoms with van der Waals surface area (Å²) in [6.07, 6.45) is 53.6. The molecule has 0 saturated carbocycles. The van der Waals surface area contributed by atoms with E-state index in [9.17, 15) is 14.3 Å². The van der Waals surface area contributed by atoms with Crippen LogP contribution in [0.15, 0.2) is 72.9 Å². The molecule has 0 aliphatic carbocycles. The maximum atomic E-state index is 12.6. The van der Waals surface area contributed by atoms with E-state index in [0.29, 0.717) is 13.0 Å². The van der Waals surface area contributed by atoms with E-state index in [1.807, 2.05) is 0 Å². The average molecular weight is 792 g/mol. The van der Waals surface area contributed by atoms with Gasteiger partial charge in [-0.3, -0.25) is 13.8 Å². The molecule has 0 aromatic carbocycles. The summed E-state index contributed by atoms with van der Waals surface area (Å²) >= 11 is 0. The van der Waals surface area contributed by atoms with Gasteiger partial charge in [0.25, 0.3) is 0 Å². The number of allylic oxidation sites excluding steroid dienone is 12. The Morgan fingerprint density at radius 2 is 1.00 bits per heavy atom. The zero-order chi connectivity index (χ0) is 40.2.